The van der Waals surface area contributed by atoms with E-state index in [-0.39, 0.29) is 17.6 Å². The molecule has 1 saturated carbocycles. The third kappa shape index (κ3) is 3.93. The maximum atomic E-state index is 12.1. The van der Waals surface area contributed by atoms with E-state index in [0.717, 1.165) is 51.6 Å². The first kappa shape index (κ1) is 14.8. The number of nitrogens with one attached hydrogen (secondary N) is 2. The van der Waals surface area contributed by atoms with Gasteiger partial charge in [-0.25, -0.2) is 0 Å². The van der Waals surface area contributed by atoms with Crippen molar-refractivity contribution in [2.45, 2.75) is 69.9 Å². The van der Waals surface area contributed by atoms with E-state index in [1.807, 2.05) is 6.92 Å². The molecule has 1 aliphatic carbocycles. The van der Waals surface area contributed by atoms with Crippen LogP contribution in [0, 0.1) is 5.92 Å². The molecule has 0 aromatic heterocycles. The Morgan fingerprint density at radius 1 is 1.37 bits per heavy atom. The summed E-state index contributed by atoms with van der Waals surface area (Å²) < 4.78 is 0. The topological polar surface area (TPSA) is 61.4 Å². The van der Waals surface area contributed by atoms with Crippen LogP contribution in [0.4, 0.5) is 0 Å². The summed E-state index contributed by atoms with van der Waals surface area (Å²) in [4.78, 5) is 12.1. The first-order chi connectivity index (χ1) is 9.12. The molecule has 3 atom stereocenters. The Hall–Kier alpha value is -0.610. The Labute approximate surface area is 116 Å². The van der Waals surface area contributed by atoms with Gasteiger partial charge in [-0.2, -0.15) is 0 Å². The standard InChI is InChI=1S/C15H28N2O2/c1-15(9-5-11-17-15)14(19)16-10-4-7-12-6-2-3-8-13(12)18/h12-13,17-18H,2-11H2,1H3,(H,16,19). The number of aliphatic hydroxyl groups excluding tert-OH is 1. The molecule has 0 bridgehead atoms. The summed E-state index contributed by atoms with van der Waals surface area (Å²) in [6.45, 7) is 3.66. The van der Waals surface area contributed by atoms with Crippen LogP contribution in [-0.4, -0.2) is 35.7 Å². The molecule has 1 saturated heterocycles. The van der Waals surface area contributed by atoms with Crippen LogP contribution in [0.2, 0.25) is 0 Å². The van der Waals surface area contributed by atoms with Crippen LogP contribution in [0.25, 0.3) is 0 Å². The summed E-state index contributed by atoms with van der Waals surface area (Å²) in [5.74, 6) is 0.583. The summed E-state index contributed by atoms with van der Waals surface area (Å²) in [5.41, 5.74) is -0.357. The minimum absolute atomic E-state index is 0.113. The summed E-state index contributed by atoms with van der Waals surface area (Å²) in [6, 6.07) is 0. The van der Waals surface area contributed by atoms with Crippen molar-refractivity contribution >= 4 is 5.91 Å². The molecule has 110 valence electrons. The number of aliphatic hydroxyl groups is 1. The van der Waals surface area contributed by atoms with Gasteiger partial charge in [-0.15, -0.1) is 0 Å². The van der Waals surface area contributed by atoms with Gasteiger partial charge in [0.2, 0.25) is 5.91 Å². The van der Waals surface area contributed by atoms with Crippen LogP contribution >= 0.6 is 0 Å². The van der Waals surface area contributed by atoms with E-state index >= 15 is 0 Å². The van der Waals surface area contributed by atoms with Crippen molar-refractivity contribution in [3.63, 3.8) is 0 Å². The number of rotatable bonds is 5. The van der Waals surface area contributed by atoms with Gasteiger partial charge in [-0.05, 0) is 57.9 Å². The second kappa shape index (κ2) is 6.71. The molecule has 0 aromatic carbocycles. The predicted molar refractivity (Wildman–Crippen MR) is 75.9 cm³/mol. The lowest BCUT2D eigenvalue weighted by Crippen LogP contribution is -2.51. The van der Waals surface area contributed by atoms with E-state index in [4.69, 9.17) is 0 Å². The Kier molecular flexibility index (Phi) is 5.22. The molecule has 2 aliphatic rings. The third-order valence-corrected chi connectivity index (χ3v) is 4.78. The van der Waals surface area contributed by atoms with E-state index in [0.29, 0.717) is 5.92 Å². The maximum Gasteiger partial charge on any atom is 0.240 e. The predicted octanol–water partition coefficient (Wildman–Crippen LogP) is 1.58. The van der Waals surface area contributed by atoms with E-state index in [9.17, 15) is 9.90 Å². The van der Waals surface area contributed by atoms with Crippen LogP contribution < -0.4 is 10.6 Å². The van der Waals surface area contributed by atoms with E-state index in [2.05, 4.69) is 10.6 Å². The lowest BCUT2D eigenvalue weighted by molar-refractivity contribution is -0.126. The molecule has 2 fully saturated rings. The normalized spacial score (nSPS) is 35.3. The Morgan fingerprint density at radius 2 is 2.16 bits per heavy atom. The molecule has 3 unspecified atom stereocenters. The second-order valence-corrected chi connectivity index (χ2v) is 6.37. The van der Waals surface area contributed by atoms with Gasteiger partial charge in [0, 0.05) is 6.54 Å². The zero-order valence-electron chi connectivity index (χ0n) is 12.1. The van der Waals surface area contributed by atoms with Crippen molar-refractivity contribution in [2.24, 2.45) is 5.92 Å². The highest BCUT2D eigenvalue weighted by atomic mass is 16.3. The minimum Gasteiger partial charge on any atom is -0.393 e. The number of carbonyl (C=O) groups excluding carboxylic acids is 1. The molecular weight excluding hydrogens is 240 g/mol. The zero-order valence-corrected chi connectivity index (χ0v) is 12.1. The van der Waals surface area contributed by atoms with Crippen LogP contribution in [0.5, 0.6) is 0 Å². The fourth-order valence-electron chi connectivity index (χ4n) is 3.37. The molecule has 1 amide bonds. The van der Waals surface area contributed by atoms with Crippen LogP contribution in [0.3, 0.4) is 0 Å². The van der Waals surface area contributed by atoms with Crippen molar-refractivity contribution in [1.29, 1.82) is 0 Å². The molecule has 0 radical (unpaired) electrons. The van der Waals surface area contributed by atoms with E-state index in [1.165, 1.54) is 12.8 Å². The monoisotopic (exact) mass is 268 g/mol. The van der Waals surface area contributed by atoms with Gasteiger partial charge in [0.1, 0.15) is 0 Å². The molecule has 0 spiro atoms. The zero-order chi connectivity index (χ0) is 13.7. The Balaban J connectivity index is 1.62. The number of carbonyl (C=O) groups is 1. The SMILES string of the molecule is CC1(C(=O)NCCCC2CCCCC2O)CCCN1. The average Bonchev–Trinajstić information content (AvgIpc) is 2.84. The van der Waals surface area contributed by atoms with Crippen LogP contribution in [0.15, 0.2) is 0 Å². The highest BCUT2D eigenvalue weighted by Gasteiger charge is 2.35. The van der Waals surface area contributed by atoms with Crippen molar-refractivity contribution in [3.8, 4) is 0 Å². The van der Waals surface area contributed by atoms with Crippen LogP contribution in [-0.2, 0) is 4.79 Å². The molecule has 0 aromatic rings. The van der Waals surface area contributed by atoms with Gasteiger partial charge < -0.3 is 15.7 Å². The van der Waals surface area contributed by atoms with Gasteiger partial charge in [-0.1, -0.05) is 12.8 Å². The summed E-state index contributed by atoms with van der Waals surface area (Å²) >= 11 is 0. The highest BCUT2D eigenvalue weighted by molar-refractivity contribution is 5.86. The summed E-state index contributed by atoms with van der Waals surface area (Å²) in [6.07, 6.45) is 8.42. The highest BCUT2D eigenvalue weighted by Crippen LogP contribution is 2.27. The molecule has 19 heavy (non-hydrogen) atoms. The average molecular weight is 268 g/mol. The van der Waals surface area contributed by atoms with Crippen molar-refractivity contribution in [1.82, 2.24) is 10.6 Å². The van der Waals surface area contributed by atoms with Gasteiger partial charge >= 0.3 is 0 Å². The van der Waals surface area contributed by atoms with Crippen molar-refractivity contribution < 1.29 is 9.90 Å². The molecule has 4 nitrogen and oxygen atoms in total. The van der Waals surface area contributed by atoms with Gasteiger partial charge in [0.25, 0.3) is 0 Å². The summed E-state index contributed by atoms with van der Waals surface area (Å²) in [7, 11) is 0. The van der Waals surface area contributed by atoms with Gasteiger partial charge in [0.05, 0.1) is 11.6 Å². The molecule has 4 heteroatoms. The lowest BCUT2D eigenvalue weighted by atomic mass is 9.83. The fourth-order valence-corrected chi connectivity index (χ4v) is 3.37. The second-order valence-electron chi connectivity index (χ2n) is 6.37. The first-order valence-corrected chi connectivity index (χ1v) is 7.83. The van der Waals surface area contributed by atoms with Gasteiger partial charge in [-0.3, -0.25) is 4.79 Å². The maximum absolute atomic E-state index is 12.1. The molecule has 1 aliphatic heterocycles. The summed E-state index contributed by atoms with van der Waals surface area (Å²) in [5, 5.41) is 16.2. The van der Waals surface area contributed by atoms with E-state index < -0.39 is 0 Å². The van der Waals surface area contributed by atoms with Crippen molar-refractivity contribution in [3.05, 3.63) is 0 Å². The Morgan fingerprint density at radius 3 is 2.84 bits per heavy atom. The first-order valence-electron chi connectivity index (χ1n) is 7.83. The fraction of sp³-hybridized carbons (Fsp3) is 0.933. The quantitative estimate of drug-likeness (QED) is 0.663. The third-order valence-electron chi connectivity index (χ3n) is 4.78. The smallest absolute Gasteiger partial charge is 0.240 e. The Bertz CT molecular complexity index is 301. The van der Waals surface area contributed by atoms with Crippen molar-refractivity contribution in [2.75, 3.05) is 13.1 Å². The number of amides is 1. The molecule has 2 rings (SSSR count). The van der Waals surface area contributed by atoms with Crippen LogP contribution in [0.1, 0.15) is 58.3 Å². The minimum atomic E-state index is -0.357. The molecular formula is C15H28N2O2. The lowest BCUT2D eigenvalue weighted by Gasteiger charge is -2.28. The van der Waals surface area contributed by atoms with Gasteiger partial charge in [0.15, 0.2) is 0 Å². The number of hydrogen-bond donors (Lipinski definition) is 3. The van der Waals surface area contributed by atoms with E-state index in [1.54, 1.807) is 0 Å². The largest absolute Gasteiger partial charge is 0.393 e. The molecule has 1 heterocycles. The molecule has 3 N–H and O–H groups in total. The number of hydrogen-bond acceptors (Lipinski definition) is 3.